The second-order valence-corrected chi connectivity index (χ2v) is 7.82. The van der Waals surface area contributed by atoms with E-state index in [9.17, 15) is 10.1 Å². The van der Waals surface area contributed by atoms with E-state index in [0.717, 1.165) is 24.5 Å². The second-order valence-electron chi connectivity index (χ2n) is 7.82. The first-order valence-corrected chi connectivity index (χ1v) is 10.2. The highest BCUT2D eigenvalue weighted by Crippen LogP contribution is 2.29. The lowest BCUT2D eigenvalue weighted by atomic mass is 9.96. The molecule has 0 aliphatic carbocycles. The Kier molecular flexibility index (Phi) is 17.0. The van der Waals surface area contributed by atoms with Crippen molar-refractivity contribution in [1.29, 1.82) is 0 Å². The van der Waals surface area contributed by atoms with E-state index in [4.69, 9.17) is 0 Å². The van der Waals surface area contributed by atoms with Crippen molar-refractivity contribution in [3.63, 3.8) is 0 Å². The van der Waals surface area contributed by atoms with Gasteiger partial charge in [-0.2, -0.15) is 0 Å². The molecule has 1 aromatic rings. The molecule has 1 rings (SSSR count). The third kappa shape index (κ3) is 16.1. The zero-order valence-electron chi connectivity index (χ0n) is 19.9. The van der Waals surface area contributed by atoms with Crippen molar-refractivity contribution < 1.29 is 4.92 Å². The Morgan fingerprint density at radius 3 is 1.48 bits per heavy atom. The smallest absolute Gasteiger partial charge is 0.271 e. The highest BCUT2D eigenvalue weighted by atomic mass is 16.6. The second kappa shape index (κ2) is 15.3. The molecular formula is C22H45N3O2. The minimum Gasteiger partial charge on any atom is -0.383 e. The van der Waals surface area contributed by atoms with Gasteiger partial charge in [-0.25, -0.2) is 0 Å². The summed E-state index contributed by atoms with van der Waals surface area (Å²) in [6.07, 6.45) is 0. The summed E-state index contributed by atoms with van der Waals surface area (Å²) in [5, 5.41) is 17.6. The molecule has 0 spiro atoms. The van der Waals surface area contributed by atoms with Crippen LogP contribution in [0.1, 0.15) is 83.1 Å². The highest BCUT2D eigenvalue weighted by Gasteiger charge is 2.16. The molecule has 0 unspecified atom stereocenters. The Morgan fingerprint density at radius 1 is 0.778 bits per heavy atom. The number of rotatable bonds is 5. The van der Waals surface area contributed by atoms with Gasteiger partial charge in [0.25, 0.3) is 5.69 Å². The molecule has 0 aliphatic heterocycles. The Bertz CT molecular complexity index is 501. The monoisotopic (exact) mass is 383 g/mol. The lowest BCUT2D eigenvalue weighted by Crippen LogP contribution is -2.22. The topological polar surface area (TPSA) is 67.2 Å². The van der Waals surface area contributed by atoms with Crippen LogP contribution in [0.2, 0.25) is 0 Å². The minimum atomic E-state index is -0.365. The summed E-state index contributed by atoms with van der Waals surface area (Å²) in [5.41, 5.74) is 2.03. The summed E-state index contributed by atoms with van der Waals surface area (Å²) in [7, 11) is 0. The quantitative estimate of drug-likeness (QED) is 0.406. The number of anilines is 2. The molecule has 0 atom stereocenters. The molecule has 0 bridgehead atoms. The van der Waals surface area contributed by atoms with Gasteiger partial charge in [0, 0.05) is 25.2 Å². The predicted molar refractivity (Wildman–Crippen MR) is 123 cm³/mol. The molecule has 5 heteroatoms. The van der Waals surface area contributed by atoms with Crippen molar-refractivity contribution in [2.24, 2.45) is 10.8 Å². The molecule has 0 aromatic heterocycles. The van der Waals surface area contributed by atoms with Crippen LogP contribution in [-0.2, 0) is 0 Å². The number of nitro groups is 1. The van der Waals surface area contributed by atoms with Gasteiger partial charge >= 0.3 is 0 Å². The SMILES string of the molecule is CC.CC.CC.CC(C)(C)CNc1ccc([N+](=O)[O-])cc1NCC(C)(C)C. The van der Waals surface area contributed by atoms with Crippen molar-refractivity contribution in [1.82, 2.24) is 0 Å². The van der Waals surface area contributed by atoms with Crippen molar-refractivity contribution in [2.75, 3.05) is 23.7 Å². The first-order valence-electron chi connectivity index (χ1n) is 10.2. The van der Waals surface area contributed by atoms with Gasteiger partial charge in [-0.15, -0.1) is 0 Å². The average molecular weight is 384 g/mol. The number of nitrogens with one attached hydrogen (secondary N) is 2. The largest absolute Gasteiger partial charge is 0.383 e. The Balaban J connectivity index is -0.000000869. The molecule has 0 radical (unpaired) electrons. The summed E-state index contributed by atoms with van der Waals surface area (Å²) in [6.45, 7) is 26.4. The fourth-order valence-corrected chi connectivity index (χ4v) is 1.67. The van der Waals surface area contributed by atoms with E-state index < -0.39 is 0 Å². The predicted octanol–water partition coefficient (Wildman–Crippen LogP) is 7.59. The maximum absolute atomic E-state index is 10.9. The van der Waals surface area contributed by atoms with E-state index in [0.29, 0.717) is 0 Å². The third-order valence-corrected chi connectivity index (χ3v) is 2.83. The van der Waals surface area contributed by atoms with Crippen molar-refractivity contribution in [3.8, 4) is 0 Å². The van der Waals surface area contributed by atoms with E-state index in [1.54, 1.807) is 12.1 Å². The molecule has 0 amide bonds. The van der Waals surface area contributed by atoms with Crippen molar-refractivity contribution in [3.05, 3.63) is 28.3 Å². The molecule has 0 aliphatic rings. The number of hydrogen-bond donors (Lipinski definition) is 2. The molecule has 0 heterocycles. The van der Waals surface area contributed by atoms with Crippen LogP contribution in [0.4, 0.5) is 17.1 Å². The molecule has 27 heavy (non-hydrogen) atoms. The molecule has 0 saturated heterocycles. The number of non-ortho nitro benzene ring substituents is 1. The maximum atomic E-state index is 10.9. The maximum Gasteiger partial charge on any atom is 0.271 e. The number of nitro benzene ring substituents is 1. The summed E-state index contributed by atoms with van der Waals surface area (Å²) >= 11 is 0. The van der Waals surface area contributed by atoms with Gasteiger partial charge in [-0.05, 0) is 16.9 Å². The van der Waals surface area contributed by atoms with Gasteiger partial charge in [-0.1, -0.05) is 83.1 Å². The minimum absolute atomic E-state index is 0.103. The first kappa shape index (κ1) is 30.0. The van der Waals surface area contributed by atoms with Gasteiger partial charge in [0.2, 0.25) is 0 Å². The van der Waals surface area contributed by atoms with E-state index in [-0.39, 0.29) is 21.4 Å². The van der Waals surface area contributed by atoms with Crippen LogP contribution in [0, 0.1) is 20.9 Å². The third-order valence-electron chi connectivity index (χ3n) is 2.83. The molecule has 1 aromatic carbocycles. The van der Waals surface area contributed by atoms with Crippen LogP contribution in [0.15, 0.2) is 18.2 Å². The van der Waals surface area contributed by atoms with Gasteiger partial charge in [0.1, 0.15) is 0 Å². The Labute approximate surface area is 168 Å². The Morgan fingerprint density at radius 2 is 1.15 bits per heavy atom. The van der Waals surface area contributed by atoms with E-state index in [2.05, 4.69) is 52.2 Å². The fraction of sp³-hybridized carbons (Fsp3) is 0.727. The molecule has 5 nitrogen and oxygen atoms in total. The average Bonchev–Trinajstić information content (AvgIpc) is 2.62. The number of nitrogens with zero attached hydrogens (tertiary/aromatic N) is 1. The summed E-state index contributed by atoms with van der Waals surface area (Å²) < 4.78 is 0. The number of benzene rings is 1. The standard InChI is InChI=1S/C16H27N3O2.3C2H6/c1-15(2,3)10-17-13-8-7-12(19(20)21)9-14(13)18-11-16(4,5)6;3*1-2/h7-9,17-18H,10-11H2,1-6H3;3*1-2H3. The van der Waals surface area contributed by atoms with E-state index >= 15 is 0 Å². The normalized spacial score (nSPS) is 10.1. The van der Waals surface area contributed by atoms with E-state index in [1.807, 2.05) is 41.5 Å². The summed E-state index contributed by atoms with van der Waals surface area (Å²) in [5.74, 6) is 0. The van der Waals surface area contributed by atoms with Crippen LogP contribution < -0.4 is 10.6 Å². The van der Waals surface area contributed by atoms with Crippen LogP contribution >= 0.6 is 0 Å². The van der Waals surface area contributed by atoms with Crippen molar-refractivity contribution >= 4 is 17.1 Å². The molecule has 0 saturated carbocycles. The van der Waals surface area contributed by atoms with Crippen molar-refractivity contribution in [2.45, 2.75) is 83.1 Å². The van der Waals surface area contributed by atoms with Crippen LogP contribution in [0.3, 0.4) is 0 Å². The van der Waals surface area contributed by atoms with Gasteiger partial charge in [0.15, 0.2) is 0 Å². The lowest BCUT2D eigenvalue weighted by molar-refractivity contribution is -0.384. The summed E-state index contributed by atoms with van der Waals surface area (Å²) in [6, 6.07) is 4.90. The molecular weight excluding hydrogens is 338 g/mol. The fourth-order valence-electron chi connectivity index (χ4n) is 1.67. The first-order chi connectivity index (χ1) is 12.5. The van der Waals surface area contributed by atoms with Crippen LogP contribution in [0.25, 0.3) is 0 Å². The van der Waals surface area contributed by atoms with Crippen LogP contribution in [0.5, 0.6) is 0 Å². The van der Waals surface area contributed by atoms with Crippen LogP contribution in [-0.4, -0.2) is 18.0 Å². The summed E-state index contributed by atoms with van der Waals surface area (Å²) in [4.78, 5) is 10.6. The van der Waals surface area contributed by atoms with Gasteiger partial charge < -0.3 is 10.6 Å². The van der Waals surface area contributed by atoms with Gasteiger partial charge in [-0.3, -0.25) is 10.1 Å². The zero-order chi connectivity index (χ0) is 22.3. The van der Waals surface area contributed by atoms with Gasteiger partial charge in [0.05, 0.1) is 16.3 Å². The zero-order valence-corrected chi connectivity index (χ0v) is 19.9. The Hall–Kier alpha value is -1.78. The lowest BCUT2D eigenvalue weighted by Gasteiger charge is -2.24. The van der Waals surface area contributed by atoms with E-state index in [1.165, 1.54) is 6.07 Å². The molecule has 160 valence electrons. The highest BCUT2D eigenvalue weighted by molar-refractivity contribution is 5.72. The molecule has 2 N–H and O–H groups in total. The number of hydrogen-bond acceptors (Lipinski definition) is 4. The molecule has 0 fully saturated rings.